The number of rotatable bonds is 2. The van der Waals surface area contributed by atoms with Crippen LogP contribution in [0.1, 0.15) is 18.7 Å². The van der Waals surface area contributed by atoms with E-state index >= 15 is 0 Å². The van der Waals surface area contributed by atoms with Crippen molar-refractivity contribution in [1.82, 2.24) is 14.9 Å². The highest BCUT2D eigenvalue weighted by Gasteiger charge is 2.33. The van der Waals surface area contributed by atoms with Crippen molar-refractivity contribution in [3.63, 3.8) is 0 Å². The zero-order valence-electron chi connectivity index (χ0n) is 8.87. The molecule has 0 radical (unpaired) electrons. The first kappa shape index (κ1) is 11.2. The average molecular weight is 228 g/mol. The summed E-state index contributed by atoms with van der Waals surface area (Å²) >= 11 is 0. The van der Waals surface area contributed by atoms with Gasteiger partial charge in [0.15, 0.2) is 0 Å². The summed E-state index contributed by atoms with van der Waals surface area (Å²) < 4.78 is 25.8. The predicted molar refractivity (Wildman–Crippen MR) is 55.9 cm³/mol. The molecule has 0 unspecified atom stereocenters. The number of halogens is 2. The summed E-state index contributed by atoms with van der Waals surface area (Å²) in [6, 6.07) is 1.61. The van der Waals surface area contributed by atoms with Gasteiger partial charge in [-0.2, -0.15) is 0 Å². The molecule has 0 spiro atoms. The summed E-state index contributed by atoms with van der Waals surface area (Å²) in [6.07, 6.45) is 1.40. The van der Waals surface area contributed by atoms with Crippen LogP contribution in [0.2, 0.25) is 0 Å². The number of nitrogen functional groups attached to an aromatic ring is 1. The van der Waals surface area contributed by atoms with Gasteiger partial charge < -0.3 is 5.73 Å². The van der Waals surface area contributed by atoms with Crippen molar-refractivity contribution in [2.45, 2.75) is 25.3 Å². The van der Waals surface area contributed by atoms with E-state index < -0.39 is 5.92 Å². The molecular weight excluding hydrogens is 214 g/mol. The Morgan fingerprint density at radius 2 is 2.06 bits per heavy atom. The molecule has 1 saturated heterocycles. The predicted octanol–water partition coefficient (Wildman–Crippen LogP) is 1.29. The Labute approximate surface area is 92.5 Å². The molecule has 2 rings (SSSR count). The Bertz CT molecular complexity index is 360. The molecule has 1 aliphatic rings. The number of alkyl halides is 2. The van der Waals surface area contributed by atoms with Crippen LogP contribution in [0.4, 0.5) is 14.6 Å². The van der Waals surface area contributed by atoms with Crippen molar-refractivity contribution in [3.05, 3.63) is 18.1 Å². The van der Waals surface area contributed by atoms with Crippen LogP contribution in [-0.2, 0) is 6.54 Å². The van der Waals surface area contributed by atoms with E-state index in [1.807, 2.05) is 4.90 Å². The standard InChI is InChI=1S/C10H14F2N4/c11-10(12)2-5-16(6-3-10)7-9-14-4-1-8(13)15-9/h1,4H,2-3,5-7H2,(H2,13,14,15). The maximum Gasteiger partial charge on any atom is 0.250 e. The minimum atomic E-state index is -2.51. The maximum atomic E-state index is 12.9. The zero-order valence-corrected chi connectivity index (χ0v) is 8.87. The quantitative estimate of drug-likeness (QED) is 0.828. The molecule has 6 heteroatoms. The number of likely N-dealkylation sites (tertiary alicyclic amines) is 1. The Morgan fingerprint density at radius 3 is 2.69 bits per heavy atom. The normalized spacial score (nSPS) is 20.9. The van der Waals surface area contributed by atoms with E-state index in [1.165, 1.54) is 0 Å². The van der Waals surface area contributed by atoms with Gasteiger partial charge in [-0.1, -0.05) is 0 Å². The first-order valence-corrected chi connectivity index (χ1v) is 5.23. The molecule has 0 bridgehead atoms. The highest BCUT2D eigenvalue weighted by Crippen LogP contribution is 2.27. The fraction of sp³-hybridized carbons (Fsp3) is 0.600. The van der Waals surface area contributed by atoms with Gasteiger partial charge in [-0.25, -0.2) is 18.7 Å². The van der Waals surface area contributed by atoms with Crippen LogP contribution < -0.4 is 5.73 Å². The Kier molecular flexibility index (Phi) is 3.00. The number of hydrogen-bond acceptors (Lipinski definition) is 4. The maximum absolute atomic E-state index is 12.9. The van der Waals surface area contributed by atoms with E-state index in [9.17, 15) is 8.78 Å². The molecule has 0 atom stereocenters. The van der Waals surface area contributed by atoms with Gasteiger partial charge in [-0.3, -0.25) is 4.90 Å². The van der Waals surface area contributed by atoms with E-state index in [1.54, 1.807) is 12.3 Å². The molecule has 1 aromatic rings. The van der Waals surface area contributed by atoms with Crippen LogP contribution in [0, 0.1) is 0 Å². The molecule has 1 aliphatic heterocycles. The number of hydrogen-bond donors (Lipinski definition) is 1. The second-order valence-electron chi connectivity index (χ2n) is 4.03. The second kappa shape index (κ2) is 4.29. The molecular formula is C10H14F2N4. The van der Waals surface area contributed by atoms with Gasteiger partial charge in [0.25, 0.3) is 5.92 Å². The van der Waals surface area contributed by atoms with Gasteiger partial charge >= 0.3 is 0 Å². The minimum absolute atomic E-state index is 0.0880. The summed E-state index contributed by atoms with van der Waals surface area (Å²) in [7, 11) is 0. The first-order chi connectivity index (χ1) is 7.55. The van der Waals surface area contributed by atoms with Gasteiger partial charge in [-0.05, 0) is 6.07 Å². The SMILES string of the molecule is Nc1ccnc(CN2CCC(F)(F)CC2)n1. The fourth-order valence-corrected chi connectivity index (χ4v) is 1.73. The van der Waals surface area contributed by atoms with Crippen LogP contribution in [0.5, 0.6) is 0 Å². The van der Waals surface area contributed by atoms with Crippen molar-refractivity contribution in [1.29, 1.82) is 0 Å². The molecule has 1 fully saturated rings. The molecule has 0 saturated carbocycles. The summed E-state index contributed by atoms with van der Waals surface area (Å²) in [5.74, 6) is -1.51. The lowest BCUT2D eigenvalue weighted by molar-refractivity contribution is -0.0570. The average Bonchev–Trinajstić information content (AvgIpc) is 2.21. The van der Waals surface area contributed by atoms with Gasteiger partial charge in [0.05, 0.1) is 6.54 Å². The number of piperidine rings is 1. The van der Waals surface area contributed by atoms with Crippen molar-refractivity contribution >= 4 is 5.82 Å². The molecule has 88 valence electrons. The van der Waals surface area contributed by atoms with Crippen LogP contribution in [0.3, 0.4) is 0 Å². The first-order valence-electron chi connectivity index (χ1n) is 5.23. The highest BCUT2D eigenvalue weighted by atomic mass is 19.3. The summed E-state index contributed by atoms with van der Waals surface area (Å²) in [6.45, 7) is 1.25. The molecule has 0 aliphatic carbocycles. The van der Waals surface area contributed by atoms with Gasteiger partial charge in [0.2, 0.25) is 0 Å². The van der Waals surface area contributed by atoms with Crippen LogP contribution in [0.15, 0.2) is 12.3 Å². The largest absolute Gasteiger partial charge is 0.384 e. The zero-order chi connectivity index (χ0) is 11.6. The Hall–Kier alpha value is -1.30. The fourth-order valence-electron chi connectivity index (χ4n) is 1.73. The Balaban J connectivity index is 1.92. The van der Waals surface area contributed by atoms with E-state index in [0.717, 1.165) is 0 Å². The lowest BCUT2D eigenvalue weighted by atomic mass is 10.1. The smallest absolute Gasteiger partial charge is 0.250 e. The molecule has 4 nitrogen and oxygen atoms in total. The summed E-state index contributed by atoms with van der Waals surface area (Å²) in [4.78, 5) is 10.0. The third-order valence-electron chi connectivity index (χ3n) is 2.68. The van der Waals surface area contributed by atoms with Crippen LogP contribution >= 0.6 is 0 Å². The molecule has 16 heavy (non-hydrogen) atoms. The number of anilines is 1. The van der Waals surface area contributed by atoms with Gasteiger partial charge in [-0.15, -0.1) is 0 Å². The number of aromatic nitrogens is 2. The number of nitrogens with zero attached hydrogens (tertiary/aromatic N) is 3. The van der Waals surface area contributed by atoms with Crippen molar-refractivity contribution < 1.29 is 8.78 Å². The summed E-state index contributed by atoms with van der Waals surface area (Å²) in [5, 5.41) is 0. The topological polar surface area (TPSA) is 55.0 Å². The van der Waals surface area contributed by atoms with Crippen LogP contribution in [0.25, 0.3) is 0 Å². The molecule has 2 heterocycles. The third kappa shape index (κ3) is 2.85. The lowest BCUT2D eigenvalue weighted by Crippen LogP contribution is -2.39. The Morgan fingerprint density at radius 1 is 1.38 bits per heavy atom. The van der Waals surface area contributed by atoms with Crippen LogP contribution in [-0.4, -0.2) is 33.9 Å². The van der Waals surface area contributed by atoms with E-state index in [-0.39, 0.29) is 12.8 Å². The molecule has 1 aromatic heterocycles. The molecule has 0 aromatic carbocycles. The monoisotopic (exact) mass is 228 g/mol. The van der Waals surface area contributed by atoms with Gasteiger partial charge in [0, 0.05) is 32.1 Å². The van der Waals surface area contributed by atoms with Crippen molar-refractivity contribution in [2.24, 2.45) is 0 Å². The highest BCUT2D eigenvalue weighted by molar-refractivity contribution is 5.24. The van der Waals surface area contributed by atoms with Crippen molar-refractivity contribution in [3.8, 4) is 0 Å². The summed E-state index contributed by atoms with van der Waals surface area (Å²) in [5.41, 5.74) is 5.52. The minimum Gasteiger partial charge on any atom is -0.384 e. The molecule has 2 N–H and O–H groups in total. The second-order valence-corrected chi connectivity index (χ2v) is 4.03. The van der Waals surface area contributed by atoms with E-state index in [4.69, 9.17) is 5.73 Å². The van der Waals surface area contributed by atoms with E-state index in [2.05, 4.69) is 9.97 Å². The van der Waals surface area contributed by atoms with E-state index in [0.29, 0.717) is 31.3 Å². The molecule has 0 amide bonds. The van der Waals surface area contributed by atoms with Crippen molar-refractivity contribution in [2.75, 3.05) is 18.8 Å². The number of nitrogens with two attached hydrogens (primary N) is 1. The lowest BCUT2D eigenvalue weighted by Gasteiger charge is -2.31. The third-order valence-corrected chi connectivity index (χ3v) is 2.68. The van der Waals surface area contributed by atoms with Gasteiger partial charge in [0.1, 0.15) is 11.6 Å².